The number of rotatable bonds is 4. The highest BCUT2D eigenvalue weighted by Crippen LogP contribution is 2.38. The lowest BCUT2D eigenvalue weighted by Crippen LogP contribution is -2.32. The van der Waals surface area contributed by atoms with E-state index in [1.165, 1.54) is 16.7 Å². The van der Waals surface area contributed by atoms with Crippen LogP contribution in [0.1, 0.15) is 33.9 Å². The van der Waals surface area contributed by atoms with Crippen LogP contribution in [-0.4, -0.2) is 36.7 Å². The molecule has 1 aromatic carbocycles. The molecular weight excluding hydrogens is 461 g/mol. The predicted molar refractivity (Wildman–Crippen MR) is 120 cm³/mol. The molecule has 0 bridgehead atoms. The van der Waals surface area contributed by atoms with Gasteiger partial charge in [0.15, 0.2) is 6.10 Å². The molecule has 1 atom stereocenters. The third kappa shape index (κ3) is 3.50. The van der Waals surface area contributed by atoms with Gasteiger partial charge in [0.2, 0.25) is 0 Å². The molecule has 6 N–H and O–H groups in total. The first kappa shape index (κ1) is 22.5. The van der Waals surface area contributed by atoms with Crippen LogP contribution in [0.4, 0.5) is 4.39 Å². The number of aliphatic hydroxyl groups is 1. The maximum absolute atomic E-state index is 14.4. The first-order valence-electron chi connectivity index (χ1n) is 10.5. The van der Waals surface area contributed by atoms with Gasteiger partial charge in [0.25, 0.3) is 5.56 Å². The predicted octanol–water partition coefficient (Wildman–Crippen LogP) is 0.523. The lowest BCUT2D eigenvalue weighted by atomic mass is 9.97. The smallest absolute Gasteiger partial charge is 0.353 e. The number of pyridine rings is 2. The molecule has 180 valence electrons. The van der Waals surface area contributed by atoms with Gasteiger partial charge in [-0.1, -0.05) is 0 Å². The largest absolute Gasteiger partial charge is 0.477 e. The number of benzene rings is 1. The molecule has 0 saturated heterocycles. The lowest BCUT2D eigenvalue weighted by Gasteiger charge is -2.21. The molecule has 2 aromatic heterocycles. The quantitative estimate of drug-likeness (QED) is 0.139. The van der Waals surface area contributed by atoms with Gasteiger partial charge in [-0.05, 0) is 30.2 Å². The van der Waals surface area contributed by atoms with Crippen molar-refractivity contribution in [3.8, 4) is 11.4 Å². The van der Waals surface area contributed by atoms with Gasteiger partial charge in [-0.25, -0.2) is 24.8 Å². The van der Waals surface area contributed by atoms with Crippen molar-refractivity contribution in [3.05, 3.63) is 74.1 Å². The Labute approximate surface area is 196 Å². The summed E-state index contributed by atoms with van der Waals surface area (Å²) in [5.41, 5.74) is 7.47. The van der Waals surface area contributed by atoms with Crippen LogP contribution in [0.25, 0.3) is 22.3 Å². The molecule has 5 rings (SSSR count). The maximum atomic E-state index is 14.4. The summed E-state index contributed by atoms with van der Waals surface area (Å²) in [4.78, 5) is 40.8. The molecule has 0 saturated carbocycles. The standard InChI is InChI=1S/C23H20FN5O6/c1-9-2-10-12(5-28(26)7-16(25)22(32)33)13-6-29-18(19(13)27-17(10)4-15(9)24)3-11-14(21(29)31)8-35-23(34)20(11)30/h2-4,7,20,30H,5-6,8,25-26H2,1H3,(H,32,33)/b16-7-. The zero-order valence-electron chi connectivity index (χ0n) is 18.4. The van der Waals surface area contributed by atoms with Crippen molar-refractivity contribution in [2.45, 2.75) is 32.7 Å². The van der Waals surface area contributed by atoms with Crippen LogP contribution in [-0.2, 0) is 34.0 Å². The van der Waals surface area contributed by atoms with Gasteiger partial charge >= 0.3 is 11.9 Å². The highest BCUT2D eigenvalue weighted by Gasteiger charge is 2.34. The van der Waals surface area contributed by atoms with Crippen LogP contribution >= 0.6 is 0 Å². The minimum Gasteiger partial charge on any atom is -0.477 e. The minimum absolute atomic E-state index is 0.0208. The Morgan fingerprint density at radius 3 is 2.80 bits per heavy atom. The zero-order valence-corrected chi connectivity index (χ0v) is 18.4. The van der Waals surface area contributed by atoms with E-state index in [2.05, 4.69) is 4.98 Å². The number of hydrogen-bond acceptors (Lipinski definition) is 9. The Bertz CT molecular complexity index is 1550. The van der Waals surface area contributed by atoms with E-state index in [9.17, 15) is 23.9 Å². The Morgan fingerprint density at radius 2 is 2.09 bits per heavy atom. The summed E-state index contributed by atoms with van der Waals surface area (Å²) in [6.45, 7) is 1.41. The van der Waals surface area contributed by atoms with Gasteiger partial charge in [0.05, 0.1) is 35.6 Å². The SMILES string of the molecule is Cc1cc2c(CN(N)/C=C(\N)C(=O)O)c3c(nc2cc1F)-c1cc2c(c(=O)n1C3)COC(=O)C2O. The average molecular weight is 481 g/mol. The summed E-state index contributed by atoms with van der Waals surface area (Å²) in [6.07, 6.45) is -0.547. The monoisotopic (exact) mass is 481 g/mol. The average Bonchev–Trinajstić information content (AvgIpc) is 3.16. The molecule has 12 heteroatoms. The van der Waals surface area contributed by atoms with Crippen molar-refractivity contribution in [2.24, 2.45) is 11.6 Å². The number of aromatic nitrogens is 2. The molecule has 0 radical (unpaired) electrons. The van der Waals surface area contributed by atoms with Crippen LogP contribution in [0, 0.1) is 12.7 Å². The van der Waals surface area contributed by atoms with Gasteiger partial charge in [-0.2, -0.15) is 0 Å². The number of cyclic esters (lactones) is 1. The molecule has 1 unspecified atom stereocenters. The zero-order chi connectivity index (χ0) is 25.2. The maximum Gasteiger partial charge on any atom is 0.353 e. The first-order valence-corrected chi connectivity index (χ1v) is 10.5. The molecular formula is C23H20FN5O6. The van der Waals surface area contributed by atoms with Crippen LogP contribution < -0.4 is 17.1 Å². The number of ether oxygens (including phenoxy) is 1. The van der Waals surface area contributed by atoms with E-state index < -0.39 is 35.1 Å². The van der Waals surface area contributed by atoms with E-state index in [-0.39, 0.29) is 30.8 Å². The number of aliphatic carboxylic acids is 1. The van der Waals surface area contributed by atoms with Crippen molar-refractivity contribution in [3.63, 3.8) is 0 Å². The Balaban J connectivity index is 1.74. The number of fused-ring (bicyclic) bond motifs is 5. The number of halogens is 1. The number of carbonyl (C=O) groups is 2. The summed E-state index contributed by atoms with van der Waals surface area (Å²) in [5, 5.41) is 21.0. The topological polar surface area (TPSA) is 174 Å². The molecule has 2 aliphatic heterocycles. The lowest BCUT2D eigenvalue weighted by molar-refractivity contribution is -0.157. The summed E-state index contributed by atoms with van der Waals surface area (Å²) >= 11 is 0. The van der Waals surface area contributed by atoms with Gasteiger partial charge in [0, 0.05) is 28.8 Å². The number of esters is 1. The van der Waals surface area contributed by atoms with Crippen LogP contribution in [0.15, 0.2) is 34.9 Å². The van der Waals surface area contributed by atoms with Crippen molar-refractivity contribution >= 4 is 22.8 Å². The molecule has 35 heavy (non-hydrogen) atoms. The highest BCUT2D eigenvalue weighted by molar-refractivity contribution is 5.89. The summed E-state index contributed by atoms with van der Waals surface area (Å²) < 4.78 is 20.8. The summed E-state index contributed by atoms with van der Waals surface area (Å²) in [5.74, 6) is 3.35. The van der Waals surface area contributed by atoms with E-state index in [1.54, 1.807) is 13.0 Å². The molecule has 0 aliphatic carbocycles. The normalized spacial score (nSPS) is 16.5. The number of nitrogens with zero attached hydrogens (tertiary/aromatic N) is 3. The number of nitrogens with two attached hydrogens (primary N) is 2. The molecule has 11 nitrogen and oxygen atoms in total. The second kappa shape index (κ2) is 7.89. The number of aliphatic hydroxyl groups excluding tert-OH is 1. The summed E-state index contributed by atoms with van der Waals surface area (Å²) in [7, 11) is 0. The van der Waals surface area contributed by atoms with Crippen molar-refractivity contribution in [1.82, 2.24) is 14.6 Å². The number of hydrogen-bond donors (Lipinski definition) is 4. The minimum atomic E-state index is -1.61. The third-order valence-electron chi connectivity index (χ3n) is 6.25. The fraction of sp³-hybridized carbons (Fsp3) is 0.217. The Kier molecular flexibility index (Phi) is 5.07. The fourth-order valence-electron chi connectivity index (χ4n) is 4.48. The molecule has 2 aliphatic rings. The third-order valence-corrected chi connectivity index (χ3v) is 6.25. The van der Waals surface area contributed by atoms with Gasteiger partial charge in [0.1, 0.15) is 18.1 Å². The second-order valence-electron chi connectivity index (χ2n) is 8.46. The number of carboxylic acid groups (broad SMARTS) is 1. The number of hydrazine groups is 1. The molecule has 0 spiro atoms. The molecule has 3 aromatic rings. The second-order valence-corrected chi connectivity index (χ2v) is 8.46. The van der Waals surface area contributed by atoms with Crippen LogP contribution in [0.2, 0.25) is 0 Å². The van der Waals surface area contributed by atoms with E-state index in [1.807, 2.05) is 0 Å². The fourth-order valence-corrected chi connectivity index (χ4v) is 4.48. The van der Waals surface area contributed by atoms with Crippen molar-refractivity contribution < 1.29 is 28.9 Å². The van der Waals surface area contributed by atoms with E-state index in [0.717, 1.165) is 11.2 Å². The van der Waals surface area contributed by atoms with E-state index in [4.69, 9.17) is 21.4 Å². The highest BCUT2D eigenvalue weighted by atomic mass is 19.1. The van der Waals surface area contributed by atoms with Gasteiger partial charge in [-0.3, -0.25) is 4.79 Å². The first-order chi connectivity index (χ1) is 16.6. The number of carboxylic acids is 1. The van der Waals surface area contributed by atoms with Crippen LogP contribution in [0.5, 0.6) is 0 Å². The van der Waals surface area contributed by atoms with Gasteiger partial charge < -0.3 is 30.3 Å². The summed E-state index contributed by atoms with van der Waals surface area (Å²) in [6, 6.07) is 4.39. The Hall–Kier alpha value is -4.29. The van der Waals surface area contributed by atoms with Crippen LogP contribution in [0.3, 0.4) is 0 Å². The van der Waals surface area contributed by atoms with Gasteiger partial charge in [-0.15, -0.1) is 0 Å². The van der Waals surface area contributed by atoms with Crippen molar-refractivity contribution in [1.29, 1.82) is 0 Å². The van der Waals surface area contributed by atoms with Crippen molar-refractivity contribution in [2.75, 3.05) is 0 Å². The number of aryl methyl sites for hydroxylation is 1. The Morgan fingerprint density at radius 1 is 1.34 bits per heavy atom. The molecule has 4 heterocycles. The number of carbonyl (C=O) groups excluding carboxylic acids is 1. The van der Waals surface area contributed by atoms with E-state index in [0.29, 0.717) is 39.0 Å². The molecule has 0 amide bonds. The van der Waals surface area contributed by atoms with E-state index >= 15 is 0 Å². The molecule has 0 fully saturated rings.